The first kappa shape index (κ1) is 18.4. The first-order chi connectivity index (χ1) is 9.93. The van der Waals surface area contributed by atoms with Gasteiger partial charge in [0.25, 0.3) is 0 Å². The predicted molar refractivity (Wildman–Crippen MR) is 104 cm³/mol. The molecule has 0 radical (unpaired) electrons. The first-order valence-corrected chi connectivity index (χ1v) is 9.68. The Morgan fingerprint density at radius 2 is 1.48 bits per heavy atom. The Kier molecular flexibility index (Phi) is 8.28. The van der Waals surface area contributed by atoms with E-state index in [1.165, 1.54) is 11.1 Å². The molecule has 1 rings (SSSR count). The lowest BCUT2D eigenvalue weighted by Crippen LogP contribution is -2.12. The van der Waals surface area contributed by atoms with Crippen molar-refractivity contribution in [2.24, 2.45) is 5.92 Å². The van der Waals surface area contributed by atoms with E-state index in [4.69, 9.17) is 0 Å². The van der Waals surface area contributed by atoms with Crippen LogP contribution in [0, 0.1) is 5.92 Å². The van der Waals surface area contributed by atoms with Crippen LogP contribution >= 0.6 is 23.5 Å². The lowest BCUT2D eigenvalue weighted by atomic mass is 9.96. The molecule has 1 aromatic carbocycles. The van der Waals surface area contributed by atoms with Crippen molar-refractivity contribution in [3.05, 3.63) is 48.6 Å². The van der Waals surface area contributed by atoms with Gasteiger partial charge in [-0.05, 0) is 27.2 Å². The van der Waals surface area contributed by atoms with Crippen molar-refractivity contribution in [1.82, 2.24) is 0 Å². The fraction of sp³-hybridized carbons (Fsp3) is 0.474. The molecule has 0 saturated carbocycles. The van der Waals surface area contributed by atoms with Crippen LogP contribution in [0.2, 0.25) is 0 Å². The molecule has 0 aliphatic carbocycles. The molecule has 0 aliphatic heterocycles. The maximum absolute atomic E-state index is 4.38. The SMILES string of the molecule is C=Cc1ccc(C(=C)C(CSC(C)C)CSC(C)C)cc1. The zero-order valence-electron chi connectivity index (χ0n) is 13.8. The number of benzene rings is 1. The zero-order valence-corrected chi connectivity index (χ0v) is 15.4. The maximum Gasteiger partial charge on any atom is 0.00200 e. The molecule has 0 spiro atoms. The molecule has 0 aliphatic rings. The van der Waals surface area contributed by atoms with E-state index >= 15 is 0 Å². The van der Waals surface area contributed by atoms with E-state index in [1.807, 2.05) is 29.6 Å². The lowest BCUT2D eigenvalue weighted by molar-refractivity contribution is 0.878. The number of hydrogen-bond donors (Lipinski definition) is 0. The molecular weight excluding hydrogens is 292 g/mol. The molecule has 21 heavy (non-hydrogen) atoms. The summed E-state index contributed by atoms with van der Waals surface area (Å²) in [5, 5.41) is 1.35. The molecule has 2 heteroatoms. The third kappa shape index (κ3) is 6.80. The topological polar surface area (TPSA) is 0 Å². The highest BCUT2D eigenvalue weighted by molar-refractivity contribution is 8.00. The Bertz CT molecular complexity index is 431. The van der Waals surface area contributed by atoms with Crippen molar-refractivity contribution in [3.8, 4) is 0 Å². The van der Waals surface area contributed by atoms with Crippen LogP contribution in [0.15, 0.2) is 37.4 Å². The highest BCUT2D eigenvalue weighted by Crippen LogP contribution is 2.30. The third-order valence-corrected chi connectivity index (χ3v) is 5.79. The van der Waals surface area contributed by atoms with Crippen LogP contribution in [0.1, 0.15) is 38.8 Å². The van der Waals surface area contributed by atoms with Gasteiger partial charge < -0.3 is 0 Å². The summed E-state index contributed by atoms with van der Waals surface area (Å²) in [5.41, 5.74) is 3.70. The largest absolute Gasteiger partial charge is 0.158 e. The van der Waals surface area contributed by atoms with Crippen LogP contribution in [0.4, 0.5) is 0 Å². The normalized spacial score (nSPS) is 11.4. The summed E-state index contributed by atoms with van der Waals surface area (Å²) in [4.78, 5) is 0. The second-order valence-electron chi connectivity index (χ2n) is 5.81. The smallest absolute Gasteiger partial charge is 0.00200 e. The van der Waals surface area contributed by atoms with E-state index in [1.54, 1.807) is 0 Å². The van der Waals surface area contributed by atoms with Crippen molar-refractivity contribution in [2.45, 2.75) is 38.2 Å². The Hall–Kier alpha value is -0.600. The van der Waals surface area contributed by atoms with Crippen molar-refractivity contribution in [1.29, 1.82) is 0 Å². The number of allylic oxidation sites excluding steroid dienone is 1. The van der Waals surface area contributed by atoms with Gasteiger partial charge in [-0.25, -0.2) is 0 Å². The summed E-state index contributed by atoms with van der Waals surface area (Å²) < 4.78 is 0. The minimum atomic E-state index is 0.541. The number of hydrogen-bond acceptors (Lipinski definition) is 2. The van der Waals surface area contributed by atoms with Crippen LogP contribution in [0.3, 0.4) is 0 Å². The Balaban J connectivity index is 2.78. The monoisotopic (exact) mass is 320 g/mol. The van der Waals surface area contributed by atoms with Crippen LogP contribution < -0.4 is 0 Å². The maximum atomic E-state index is 4.38. The highest BCUT2D eigenvalue weighted by atomic mass is 32.2. The summed E-state index contributed by atoms with van der Waals surface area (Å²) in [6.07, 6.45) is 1.88. The van der Waals surface area contributed by atoms with E-state index in [2.05, 4.69) is 65.1 Å². The lowest BCUT2D eigenvalue weighted by Gasteiger charge is -2.21. The van der Waals surface area contributed by atoms with Gasteiger partial charge in [0.2, 0.25) is 0 Å². The summed E-state index contributed by atoms with van der Waals surface area (Å²) in [7, 11) is 0. The summed E-state index contributed by atoms with van der Waals surface area (Å²) in [6.45, 7) is 17.2. The van der Waals surface area contributed by atoms with Crippen LogP contribution in [-0.2, 0) is 0 Å². The van der Waals surface area contributed by atoms with Gasteiger partial charge in [-0.1, -0.05) is 71.2 Å². The molecule has 116 valence electrons. The summed E-state index contributed by atoms with van der Waals surface area (Å²) in [6, 6.07) is 8.59. The highest BCUT2D eigenvalue weighted by Gasteiger charge is 2.16. The molecule has 0 fully saturated rings. The molecule has 0 N–H and O–H groups in total. The molecule has 0 unspecified atom stereocenters. The second kappa shape index (κ2) is 9.42. The van der Waals surface area contributed by atoms with Gasteiger partial charge in [-0.15, -0.1) is 0 Å². The summed E-state index contributed by atoms with van der Waals surface area (Å²) in [5.74, 6) is 2.85. The Morgan fingerprint density at radius 3 is 1.86 bits per heavy atom. The van der Waals surface area contributed by atoms with Gasteiger partial charge in [0.05, 0.1) is 0 Å². The van der Waals surface area contributed by atoms with Crippen LogP contribution in [0.5, 0.6) is 0 Å². The van der Waals surface area contributed by atoms with E-state index in [0.717, 1.165) is 17.1 Å². The van der Waals surface area contributed by atoms with Crippen molar-refractivity contribution >= 4 is 35.2 Å². The fourth-order valence-corrected chi connectivity index (χ4v) is 3.96. The molecule has 0 amide bonds. The van der Waals surface area contributed by atoms with Gasteiger partial charge in [0.15, 0.2) is 0 Å². The van der Waals surface area contributed by atoms with Gasteiger partial charge >= 0.3 is 0 Å². The van der Waals surface area contributed by atoms with E-state index in [-0.39, 0.29) is 0 Å². The van der Waals surface area contributed by atoms with Crippen molar-refractivity contribution in [2.75, 3.05) is 11.5 Å². The van der Waals surface area contributed by atoms with Crippen LogP contribution in [-0.4, -0.2) is 22.0 Å². The average Bonchev–Trinajstić information content (AvgIpc) is 2.46. The van der Waals surface area contributed by atoms with Crippen molar-refractivity contribution < 1.29 is 0 Å². The third-order valence-electron chi connectivity index (χ3n) is 3.27. The predicted octanol–water partition coefficient (Wildman–Crippen LogP) is 6.24. The van der Waals surface area contributed by atoms with Crippen molar-refractivity contribution in [3.63, 3.8) is 0 Å². The molecule has 1 aromatic rings. The molecule has 0 aromatic heterocycles. The second-order valence-corrected chi connectivity index (χ2v) is 9.03. The van der Waals surface area contributed by atoms with E-state index in [9.17, 15) is 0 Å². The standard InChI is InChI=1S/C19H28S2/c1-7-17-8-10-18(11-9-17)16(6)19(12-20-14(2)3)13-21-15(4)5/h7-11,14-15,19H,1,6,12-13H2,2-5H3. The minimum absolute atomic E-state index is 0.541. The van der Waals surface area contributed by atoms with E-state index in [0.29, 0.717) is 16.4 Å². The quantitative estimate of drug-likeness (QED) is 0.528. The fourth-order valence-electron chi connectivity index (χ4n) is 1.94. The van der Waals surface area contributed by atoms with Gasteiger partial charge in [0.1, 0.15) is 0 Å². The summed E-state index contributed by atoms with van der Waals surface area (Å²) >= 11 is 4.06. The van der Waals surface area contributed by atoms with Crippen LogP contribution in [0.25, 0.3) is 11.6 Å². The molecule has 0 nitrogen and oxygen atoms in total. The Labute approximate surface area is 139 Å². The molecule has 0 saturated heterocycles. The zero-order chi connectivity index (χ0) is 15.8. The molecule has 0 bridgehead atoms. The van der Waals surface area contributed by atoms with Gasteiger partial charge in [-0.2, -0.15) is 23.5 Å². The Morgan fingerprint density at radius 1 is 1.00 bits per heavy atom. The molecule has 0 heterocycles. The number of thioether (sulfide) groups is 2. The minimum Gasteiger partial charge on any atom is -0.158 e. The molecular formula is C19H28S2. The van der Waals surface area contributed by atoms with Gasteiger partial charge in [0, 0.05) is 17.4 Å². The number of rotatable bonds is 9. The van der Waals surface area contributed by atoms with Gasteiger partial charge in [-0.3, -0.25) is 0 Å². The first-order valence-electron chi connectivity index (χ1n) is 7.59. The van der Waals surface area contributed by atoms with E-state index < -0.39 is 0 Å². The molecule has 0 atom stereocenters. The average molecular weight is 321 g/mol.